The highest BCUT2D eigenvalue weighted by Gasteiger charge is 2.16. The van der Waals surface area contributed by atoms with Crippen molar-refractivity contribution in [1.29, 1.82) is 0 Å². The number of carbonyl (C=O) groups is 1. The third kappa shape index (κ3) is 5.26. The first-order valence-corrected chi connectivity index (χ1v) is 6.29. The lowest BCUT2D eigenvalue weighted by Gasteiger charge is -2.19. The Morgan fingerprint density at radius 1 is 1.35 bits per heavy atom. The highest BCUT2D eigenvalue weighted by Crippen LogP contribution is 2.23. The molecule has 0 aromatic heterocycles. The van der Waals surface area contributed by atoms with Crippen LogP contribution in [0, 0.1) is 17.0 Å². The number of hydrogen-bond acceptors (Lipinski definition) is 5. The summed E-state index contributed by atoms with van der Waals surface area (Å²) in [4.78, 5) is 21.7. The summed E-state index contributed by atoms with van der Waals surface area (Å²) in [5, 5.41) is 10.7. The number of esters is 1. The number of hydrogen-bond donors (Lipinski definition) is 0. The lowest BCUT2D eigenvalue weighted by molar-refractivity contribution is -0.385. The van der Waals surface area contributed by atoms with Crippen LogP contribution in [0.4, 0.5) is 5.69 Å². The molecule has 0 unspecified atom stereocenters. The Morgan fingerprint density at radius 2 is 2.00 bits per heavy atom. The number of nitro groups is 1. The lowest BCUT2D eigenvalue weighted by atomic mass is 10.2. The minimum absolute atomic E-state index is 0.0458. The Kier molecular flexibility index (Phi) is 5.07. The van der Waals surface area contributed by atoms with Crippen molar-refractivity contribution in [2.45, 2.75) is 39.7 Å². The maximum atomic E-state index is 11.5. The molecule has 0 saturated carbocycles. The summed E-state index contributed by atoms with van der Waals surface area (Å²) >= 11 is 0. The van der Waals surface area contributed by atoms with Crippen LogP contribution in [0.25, 0.3) is 0 Å². The molecule has 0 aliphatic carbocycles. The second kappa shape index (κ2) is 6.36. The first-order chi connectivity index (χ1) is 9.19. The van der Waals surface area contributed by atoms with Gasteiger partial charge in [0.05, 0.1) is 18.0 Å². The smallest absolute Gasteiger partial charge is 0.309 e. The molecule has 20 heavy (non-hydrogen) atoms. The summed E-state index contributed by atoms with van der Waals surface area (Å²) in [6.07, 6.45) is 0.132. The number of aryl methyl sites for hydroxylation is 1. The second-order valence-corrected chi connectivity index (χ2v) is 5.39. The van der Waals surface area contributed by atoms with Crippen LogP contribution in [0.1, 0.15) is 32.8 Å². The SMILES string of the molecule is Cc1cc(OCCC(=O)OC(C)(C)C)ccc1[N+](=O)[O-]. The van der Waals surface area contributed by atoms with Crippen molar-refractivity contribution in [2.24, 2.45) is 0 Å². The maximum Gasteiger partial charge on any atom is 0.309 e. The molecule has 0 spiro atoms. The minimum atomic E-state index is -0.513. The fourth-order valence-corrected chi connectivity index (χ4v) is 1.57. The van der Waals surface area contributed by atoms with Crippen molar-refractivity contribution in [2.75, 3.05) is 6.61 Å². The Morgan fingerprint density at radius 3 is 2.50 bits per heavy atom. The largest absolute Gasteiger partial charge is 0.493 e. The van der Waals surface area contributed by atoms with Crippen molar-refractivity contribution < 1.29 is 19.2 Å². The molecule has 0 amide bonds. The molecule has 6 nitrogen and oxygen atoms in total. The van der Waals surface area contributed by atoms with Gasteiger partial charge in [-0.2, -0.15) is 0 Å². The standard InChI is InChI=1S/C14H19NO5/c1-10-9-11(5-6-12(10)15(17)18)19-8-7-13(16)20-14(2,3)4/h5-6,9H,7-8H2,1-4H3. The average Bonchev–Trinajstić information content (AvgIpc) is 2.25. The topological polar surface area (TPSA) is 78.7 Å². The van der Waals surface area contributed by atoms with Gasteiger partial charge in [-0.15, -0.1) is 0 Å². The van der Waals surface area contributed by atoms with Crippen molar-refractivity contribution in [3.63, 3.8) is 0 Å². The molecule has 1 aromatic rings. The molecule has 0 N–H and O–H groups in total. The van der Waals surface area contributed by atoms with Crippen LogP contribution < -0.4 is 4.74 Å². The molecule has 0 bridgehead atoms. The monoisotopic (exact) mass is 281 g/mol. The van der Waals surface area contributed by atoms with Crippen LogP contribution in [0.2, 0.25) is 0 Å². The fourth-order valence-electron chi connectivity index (χ4n) is 1.57. The van der Waals surface area contributed by atoms with Gasteiger partial charge in [-0.1, -0.05) is 0 Å². The third-order valence-electron chi connectivity index (χ3n) is 2.36. The molecule has 0 radical (unpaired) electrons. The normalized spacial score (nSPS) is 11.0. The number of ether oxygens (including phenoxy) is 2. The molecule has 0 aliphatic rings. The fraction of sp³-hybridized carbons (Fsp3) is 0.500. The van der Waals surface area contributed by atoms with E-state index in [9.17, 15) is 14.9 Å². The second-order valence-electron chi connectivity index (χ2n) is 5.39. The number of benzene rings is 1. The quantitative estimate of drug-likeness (QED) is 0.471. The van der Waals surface area contributed by atoms with Gasteiger partial charge in [0.1, 0.15) is 11.4 Å². The van der Waals surface area contributed by atoms with Gasteiger partial charge in [0.25, 0.3) is 5.69 Å². The van der Waals surface area contributed by atoms with Gasteiger partial charge < -0.3 is 9.47 Å². The zero-order valence-electron chi connectivity index (χ0n) is 12.1. The maximum absolute atomic E-state index is 11.5. The molecule has 0 saturated heterocycles. The molecular formula is C14H19NO5. The molecule has 1 aromatic carbocycles. The van der Waals surface area contributed by atoms with Crippen LogP contribution in [0.3, 0.4) is 0 Å². The van der Waals surface area contributed by atoms with E-state index >= 15 is 0 Å². The summed E-state index contributed by atoms with van der Waals surface area (Å²) in [5.74, 6) is 0.160. The minimum Gasteiger partial charge on any atom is -0.493 e. The van der Waals surface area contributed by atoms with Gasteiger partial charge in [-0.25, -0.2) is 0 Å². The van der Waals surface area contributed by atoms with Gasteiger partial charge >= 0.3 is 5.97 Å². The summed E-state index contributed by atoms with van der Waals surface area (Å²) in [6, 6.07) is 4.48. The van der Waals surface area contributed by atoms with Crippen LogP contribution in [0.5, 0.6) is 5.75 Å². The number of carbonyl (C=O) groups excluding carboxylic acids is 1. The summed E-state index contributed by atoms with van der Waals surface area (Å²) < 4.78 is 10.5. The Bertz CT molecular complexity index is 505. The van der Waals surface area contributed by atoms with E-state index in [2.05, 4.69) is 0 Å². The van der Waals surface area contributed by atoms with E-state index in [1.165, 1.54) is 12.1 Å². The number of nitro benzene ring substituents is 1. The number of rotatable bonds is 5. The first kappa shape index (κ1) is 15.9. The molecule has 110 valence electrons. The van der Waals surface area contributed by atoms with E-state index in [0.717, 1.165) is 0 Å². The molecule has 6 heteroatoms. The van der Waals surface area contributed by atoms with Crippen LogP contribution in [-0.2, 0) is 9.53 Å². The van der Waals surface area contributed by atoms with Gasteiger partial charge in [-0.05, 0) is 39.8 Å². The molecule has 0 aliphatic heterocycles. The van der Waals surface area contributed by atoms with Gasteiger partial charge in [-0.3, -0.25) is 14.9 Å². The zero-order chi connectivity index (χ0) is 15.3. The Balaban J connectivity index is 2.49. The predicted octanol–water partition coefficient (Wildman–Crippen LogP) is 3.01. The molecular weight excluding hydrogens is 262 g/mol. The molecule has 0 atom stereocenters. The van der Waals surface area contributed by atoms with E-state index in [1.54, 1.807) is 33.8 Å². The molecule has 0 fully saturated rings. The van der Waals surface area contributed by atoms with Crippen molar-refractivity contribution in [3.05, 3.63) is 33.9 Å². The van der Waals surface area contributed by atoms with Crippen molar-refractivity contribution in [3.8, 4) is 5.75 Å². The van der Waals surface area contributed by atoms with Gasteiger partial charge in [0.15, 0.2) is 0 Å². The van der Waals surface area contributed by atoms with Crippen molar-refractivity contribution in [1.82, 2.24) is 0 Å². The first-order valence-electron chi connectivity index (χ1n) is 6.29. The predicted molar refractivity (Wildman–Crippen MR) is 73.8 cm³/mol. The summed E-state index contributed by atoms with van der Waals surface area (Å²) in [5.41, 5.74) is 0.0513. The lowest BCUT2D eigenvalue weighted by Crippen LogP contribution is -2.24. The summed E-state index contributed by atoms with van der Waals surface area (Å²) in [7, 11) is 0. The van der Waals surface area contributed by atoms with E-state index in [4.69, 9.17) is 9.47 Å². The van der Waals surface area contributed by atoms with Crippen LogP contribution in [-0.4, -0.2) is 23.1 Å². The molecule has 0 heterocycles. The highest BCUT2D eigenvalue weighted by atomic mass is 16.6. The van der Waals surface area contributed by atoms with E-state index < -0.39 is 10.5 Å². The number of nitrogens with zero attached hydrogens (tertiary/aromatic N) is 1. The molecule has 1 rings (SSSR count). The van der Waals surface area contributed by atoms with Crippen molar-refractivity contribution >= 4 is 11.7 Å². The van der Waals surface area contributed by atoms with Crippen LogP contribution >= 0.6 is 0 Å². The Hall–Kier alpha value is -2.11. The summed E-state index contributed by atoms with van der Waals surface area (Å²) in [6.45, 7) is 7.20. The average molecular weight is 281 g/mol. The Labute approximate surface area is 117 Å². The highest BCUT2D eigenvalue weighted by molar-refractivity contribution is 5.70. The van der Waals surface area contributed by atoms with E-state index in [-0.39, 0.29) is 24.7 Å². The third-order valence-corrected chi connectivity index (χ3v) is 2.36. The zero-order valence-corrected chi connectivity index (χ0v) is 12.1. The van der Waals surface area contributed by atoms with Gasteiger partial charge in [0, 0.05) is 11.6 Å². The van der Waals surface area contributed by atoms with Gasteiger partial charge in [0.2, 0.25) is 0 Å². The van der Waals surface area contributed by atoms with E-state index in [0.29, 0.717) is 11.3 Å². The van der Waals surface area contributed by atoms with Crippen LogP contribution in [0.15, 0.2) is 18.2 Å². The van der Waals surface area contributed by atoms with E-state index in [1.807, 2.05) is 0 Å².